The molecule has 1 fully saturated rings. The number of carbonyl (C=O) groups is 1. The van der Waals surface area contributed by atoms with Crippen molar-refractivity contribution in [2.24, 2.45) is 0 Å². The summed E-state index contributed by atoms with van der Waals surface area (Å²) in [5, 5.41) is 1.80. The van der Waals surface area contributed by atoms with E-state index in [0.717, 1.165) is 43.8 Å². The number of hydrogen-bond acceptors (Lipinski definition) is 6. The first kappa shape index (κ1) is 22.1. The molecule has 3 aromatic rings. The maximum Gasteiger partial charge on any atom is 0.273 e. The molecule has 2 aromatic carbocycles. The third kappa shape index (κ3) is 5.61. The molecule has 33 heavy (non-hydrogen) atoms. The molecule has 5 rings (SSSR count). The molecule has 172 valence electrons. The molecule has 1 amide bonds. The van der Waals surface area contributed by atoms with E-state index in [1.807, 2.05) is 11.0 Å². The predicted octanol–water partition coefficient (Wildman–Crippen LogP) is 4.36. The van der Waals surface area contributed by atoms with Crippen LogP contribution in [0.1, 0.15) is 40.0 Å². The van der Waals surface area contributed by atoms with Gasteiger partial charge < -0.3 is 14.4 Å². The Morgan fingerprint density at radius 1 is 1.09 bits per heavy atom. The highest BCUT2D eigenvalue weighted by Gasteiger charge is 2.24. The topological polar surface area (TPSA) is 54.9 Å². The van der Waals surface area contributed by atoms with Crippen LogP contribution in [0.2, 0.25) is 0 Å². The Bertz CT molecular complexity index is 1050. The number of amides is 1. The first-order valence-electron chi connectivity index (χ1n) is 11.5. The summed E-state index contributed by atoms with van der Waals surface area (Å²) in [6, 6.07) is 16.8. The number of aromatic nitrogens is 1. The summed E-state index contributed by atoms with van der Waals surface area (Å²) in [5.41, 5.74) is 5.76. The van der Waals surface area contributed by atoms with Gasteiger partial charge in [-0.3, -0.25) is 9.69 Å². The van der Waals surface area contributed by atoms with Gasteiger partial charge in [0.2, 0.25) is 0 Å². The highest BCUT2D eigenvalue weighted by Crippen LogP contribution is 2.26. The van der Waals surface area contributed by atoms with E-state index < -0.39 is 0 Å². The monoisotopic (exact) mass is 463 g/mol. The molecule has 1 saturated heterocycles. The maximum absolute atomic E-state index is 12.8. The number of hydrogen-bond donors (Lipinski definition) is 0. The van der Waals surface area contributed by atoms with Crippen molar-refractivity contribution in [1.82, 2.24) is 14.8 Å². The van der Waals surface area contributed by atoms with E-state index in [2.05, 4.69) is 52.3 Å². The molecule has 2 aliphatic heterocycles. The number of carbonyl (C=O) groups excluding carboxylic acids is 1. The Labute approximate surface area is 198 Å². The van der Waals surface area contributed by atoms with Gasteiger partial charge in [-0.2, -0.15) is 0 Å². The molecule has 0 radical (unpaired) electrons. The average Bonchev–Trinajstić information content (AvgIpc) is 3.31. The van der Waals surface area contributed by atoms with Crippen LogP contribution in [0.25, 0.3) is 0 Å². The molecule has 0 spiro atoms. The minimum Gasteiger partial charge on any atom is -0.491 e. The number of nitrogens with zero attached hydrogens (tertiary/aromatic N) is 3. The Kier molecular flexibility index (Phi) is 7.00. The van der Waals surface area contributed by atoms with Gasteiger partial charge in [0.15, 0.2) is 0 Å². The van der Waals surface area contributed by atoms with Gasteiger partial charge in [-0.05, 0) is 36.1 Å². The van der Waals surface area contributed by atoms with Gasteiger partial charge in [-0.25, -0.2) is 4.98 Å². The predicted molar refractivity (Wildman–Crippen MR) is 128 cm³/mol. The van der Waals surface area contributed by atoms with Gasteiger partial charge in [0.1, 0.15) is 18.1 Å². The lowest BCUT2D eigenvalue weighted by atomic mass is 10.0. The highest BCUT2D eigenvalue weighted by molar-refractivity contribution is 7.07. The van der Waals surface area contributed by atoms with Crippen molar-refractivity contribution in [3.8, 4) is 5.75 Å². The summed E-state index contributed by atoms with van der Waals surface area (Å²) in [7, 11) is 0. The molecule has 7 heteroatoms. The number of rotatable bonds is 6. The van der Waals surface area contributed by atoms with Gasteiger partial charge in [0, 0.05) is 37.1 Å². The number of fused-ring (bicyclic) bond motifs is 1. The fourth-order valence-corrected chi connectivity index (χ4v) is 5.01. The van der Waals surface area contributed by atoms with Crippen molar-refractivity contribution in [2.45, 2.75) is 38.6 Å². The normalized spacial score (nSPS) is 17.3. The minimum atomic E-state index is -0.0318. The molecule has 3 heterocycles. The summed E-state index contributed by atoms with van der Waals surface area (Å²) in [6.45, 7) is 5.26. The van der Waals surface area contributed by atoms with Crippen LogP contribution in [0.3, 0.4) is 0 Å². The largest absolute Gasteiger partial charge is 0.491 e. The Morgan fingerprint density at radius 3 is 2.73 bits per heavy atom. The van der Waals surface area contributed by atoms with E-state index >= 15 is 0 Å². The second-order valence-electron chi connectivity index (χ2n) is 8.66. The smallest absolute Gasteiger partial charge is 0.273 e. The third-order valence-electron chi connectivity index (χ3n) is 6.31. The van der Waals surface area contributed by atoms with Crippen molar-refractivity contribution in [1.29, 1.82) is 0 Å². The molecule has 1 aromatic heterocycles. The lowest BCUT2D eigenvalue weighted by Crippen LogP contribution is -2.36. The summed E-state index contributed by atoms with van der Waals surface area (Å²) < 4.78 is 12.1. The zero-order valence-corrected chi connectivity index (χ0v) is 19.5. The van der Waals surface area contributed by atoms with Crippen LogP contribution in [0, 0.1) is 0 Å². The van der Waals surface area contributed by atoms with Gasteiger partial charge >= 0.3 is 0 Å². The Morgan fingerprint density at radius 2 is 1.94 bits per heavy atom. The van der Waals surface area contributed by atoms with E-state index in [1.54, 1.807) is 10.9 Å². The van der Waals surface area contributed by atoms with E-state index in [0.29, 0.717) is 38.1 Å². The second kappa shape index (κ2) is 10.5. The second-order valence-corrected chi connectivity index (χ2v) is 9.38. The zero-order valence-electron chi connectivity index (χ0n) is 18.7. The molecule has 2 aliphatic rings. The lowest BCUT2D eigenvalue weighted by Gasteiger charge is -2.32. The van der Waals surface area contributed by atoms with Crippen molar-refractivity contribution >= 4 is 17.2 Å². The van der Waals surface area contributed by atoms with Gasteiger partial charge in [-0.15, -0.1) is 11.3 Å². The van der Waals surface area contributed by atoms with Gasteiger partial charge in [-0.1, -0.05) is 36.4 Å². The van der Waals surface area contributed by atoms with Gasteiger partial charge in [0.05, 0.1) is 24.8 Å². The first-order valence-corrected chi connectivity index (χ1v) is 12.5. The molecule has 0 saturated carbocycles. The molecule has 0 atom stereocenters. The lowest BCUT2D eigenvalue weighted by molar-refractivity contribution is -0.00394. The fourth-order valence-electron chi connectivity index (χ4n) is 4.48. The van der Waals surface area contributed by atoms with Crippen LogP contribution < -0.4 is 4.74 Å². The molecular weight excluding hydrogens is 434 g/mol. The number of thiazole rings is 1. The fraction of sp³-hybridized carbons (Fsp3) is 0.385. The molecule has 6 nitrogen and oxygen atoms in total. The van der Waals surface area contributed by atoms with E-state index in [-0.39, 0.29) is 5.91 Å². The van der Waals surface area contributed by atoms with Crippen LogP contribution in [-0.4, -0.2) is 53.0 Å². The average molecular weight is 464 g/mol. The molecule has 0 bridgehead atoms. The third-order valence-corrected chi connectivity index (χ3v) is 6.90. The van der Waals surface area contributed by atoms with Crippen LogP contribution in [-0.2, 0) is 24.4 Å². The standard InChI is InChI=1S/C26H29N3O3S/c30-26(24-18-33-19-27-24)29-12-13-31-25-7-6-21(14-22(25)16-29)15-28-10-8-23(9-11-28)32-17-20-4-2-1-3-5-20/h1-7,14,18-19,23H,8-13,15-17H2. The molecular formula is C26H29N3O3S. The summed E-state index contributed by atoms with van der Waals surface area (Å²) in [6.07, 6.45) is 2.43. The van der Waals surface area contributed by atoms with Crippen LogP contribution >= 0.6 is 11.3 Å². The molecule has 0 aliphatic carbocycles. The first-order chi connectivity index (χ1) is 16.2. The SMILES string of the molecule is O=C(c1cscn1)N1CCOc2ccc(CN3CCC(OCc4ccccc4)CC3)cc2C1. The van der Waals surface area contributed by atoms with Gasteiger partial charge in [0.25, 0.3) is 5.91 Å². The van der Waals surface area contributed by atoms with Crippen LogP contribution in [0.4, 0.5) is 0 Å². The van der Waals surface area contributed by atoms with E-state index in [9.17, 15) is 4.79 Å². The van der Waals surface area contributed by atoms with Crippen molar-refractivity contribution in [3.05, 3.63) is 81.8 Å². The highest BCUT2D eigenvalue weighted by atomic mass is 32.1. The minimum absolute atomic E-state index is 0.0318. The van der Waals surface area contributed by atoms with Crippen molar-refractivity contribution in [3.63, 3.8) is 0 Å². The van der Waals surface area contributed by atoms with Crippen LogP contribution in [0.5, 0.6) is 5.75 Å². The van der Waals surface area contributed by atoms with E-state index in [1.165, 1.54) is 22.5 Å². The molecule has 0 unspecified atom stereocenters. The number of likely N-dealkylation sites (tertiary alicyclic amines) is 1. The summed E-state index contributed by atoms with van der Waals surface area (Å²) >= 11 is 1.44. The number of benzene rings is 2. The number of piperidine rings is 1. The van der Waals surface area contributed by atoms with E-state index in [4.69, 9.17) is 9.47 Å². The van der Waals surface area contributed by atoms with Crippen LogP contribution in [0.15, 0.2) is 59.4 Å². The number of ether oxygens (including phenoxy) is 2. The summed E-state index contributed by atoms with van der Waals surface area (Å²) in [4.78, 5) is 21.3. The summed E-state index contributed by atoms with van der Waals surface area (Å²) in [5.74, 6) is 0.844. The quantitative estimate of drug-likeness (QED) is 0.544. The van der Waals surface area contributed by atoms with Crippen molar-refractivity contribution < 1.29 is 14.3 Å². The Hall–Kier alpha value is -2.74. The maximum atomic E-state index is 12.8. The van der Waals surface area contributed by atoms with Crippen molar-refractivity contribution in [2.75, 3.05) is 26.2 Å². The molecule has 0 N–H and O–H groups in total. The zero-order chi connectivity index (χ0) is 22.5. The Balaban J connectivity index is 1.16.